The van der Waals surface area contributed by atoms with Crippen LogP contribution in [-0.2, 0) is 4.79 Å². The Kier molecular flexibility index (Phi) is 5.29. The molecule has 0 N–H and O–H groups in total. The number of carboxylic acids is 1. The minimum absolute atomic E-state index is 0.0691. The maximum atomic E-state index is 12.5. The third-order valence-electron chi connectivity index (χ3n) is 4.35. The SMILES string of the molecule is O=C([O-])C1CCN(C(=O)c2ccc(-n3ncc(Cl)c(Cl)c3=O)cc2)CC1. The number of hydrogen-bond acceptors (Lipinski definition) is 5. The summed E-state index contributed by atoms with van der Waals surface area (Å²) in [6, 6.07) is 6.33. The fraction of sp³-hybridized carbons (Fsp3) is 0.294. The molecule has 3 rings (SSSR count). The number of amides is 1. The van der Waals surface area contributed by atoms with Gasteiger partial charge in [-0.25, -0.2) is 0 Å². The fourth-order valence-corrected chi connectivity index (χ4v) is 3.10. The van der Waals surface area contributed by atoms with E-state index < -0.39 is 17.4 Å². The topological polar surface area (TPSA) is 95.3 Å². The van der Waals surface area contributed by atoms with Crippen LogP contribution in [0.5, 0.6) is 0 Å². The number of likely N-dealkylation sites (tertiary alicyclic amines) is 1. The Morgan fingerprint density at radius 2 is 1.73 bits per heavy atom. The van der Waals surface area contributed by atoms with E-state index in [0.717, 1.165) is 4.68 Å². The number of halogens is 2. The van der Waals surface area contributed by atoms with Gasteiger partial charge in [0.15, 0.2) is 0 Å². The first-order chi connectivity index (χ1) is 12.4. The lowest BCUT2D eigenvalue weighted by atomic mass is 9.96. The predicted molar refractivity (Wildman–Crippen MR) is 93.5 cm³/mol. The Bertz CT molecular complexity index is 903. The molecule has 0 unspecified atom stereocenters. The van der Waals surface area contributed by atoms with E-state index in [-0.39, 0.29) is 16.0 Å². The number of rotatable bonds is 3. The largest absolute Gasteiger partial charge is 0.550 e. The van der Waals surface area contributed by atoms with Crippen LogP contribution < -0.4 is 10.7 Å². The van der Waals surface area contributed by atoms with E-state index in [4.69, 9.17) is 23.2 Å². The van der Waals surface area contributed by atoms with Gasteiger partial charge in [0.2, 0.25) is 0 Å². The van der Waals surface area contributed by atoms with Crippen LogP contribution in [0.1, 0.15) is 23.2 Å². The minimum atomic E-state index is -1.07. The van der Waals surface area contributed by atoms with Crippen molar-refractivity contribution in [3.05, 3.63) is 56.4 Å². The van der Waals surface area contributed by atoms with Crippen molar-refractivity contribution in [2.24, 2.45) is 5.92 Å². The molecule has 1 aromatic heterocycles. The highest BCUT2D eigenvalue weighted by atomic mass is 35.5. The third-order valence-corrected chi connectivity index (χ3v) is 5.10. The Labute approximate surface area is 158 Å². The second-order valence-corrected chi connectivity index (χ2v) is 6.74. The van der Waals surface area contributed by atoms with Crippen LogP contribution >= 0.6 is 23.2 Å². The summed E-state index contributed by atoms with van der Waals surface area (Å²) in [6.45, 7) is 0.736. The predicted octanol–water partition coefficient (Wildman–Crippen LogP) is 1.14. The van der Waals surface area contributed by atoms with Gasteiger partial charge in [-0.1, -0.05) is 23.2 Å². The van der Waals surface area contributed by atoms with E-state index in [1.807, 2.05) is 0 Å². The molecule has 1 aliphatic heterocycles. The second-order valence-electron chi connectivity index (χ2n) is 5.96. The summed E-state index contributed by atoms with van der Waals surface area (Å²) in [5.41, 5.74) is 0.331. The van der Waals surface area contributed by atoms with Gasteiger partial charge in [0.1, 0.15) is 5.02 Å². The molecule has 1 aromatic carbocycles. The molecule has 0 aliphatic carbocycles. The van der Waals surface area contributed by atoms with Crippen molar-refractivity contribution in [3.8, 4) is 5.69 Å². The molecule has 0 radical (unpaired) electrons. The molecule has 1 amide bonds. The first-order valence-corrected chi connectivity index (χ1v) is 8.68. The molecule has 7 nitrogen and oxygen atoms in total. The van der Waals surface area contributed by atoms with Gasteiger partial charge in [0.05, 0.1) is 16.9 Å². The van der Waals surface area contributed by atoms with Crippen LogP contribution in [0.4, 0.5) is 0 Å². The number of carboxylic acid groups (broad SMARTS) is 1. The number of benzene rings is 1. The molecule has 0 spiro atoms. The fourth-order valence-electron chi connectivity index (χ4n) is 2.84. The summed E-state index contributed by atoms with van der Waals surface area (Å²) < 4.78 is 1.09. The van der Waals surface area contributed by atoms with Crippen LogP contribution in [0.2, 0.25) is 10.0 Å². The van der Waals surface area contributed by atoms with Crippen molar-refractivity contribution < 1.29 is 14.7 Å². The number of aromatic nitrogens is 2. The van der Waals surface area contributed by atoms with Crippen LogP contribution in [0, 0.1) is 5.92 Å². The standard InChI is InChI=1S/C17H15Cl2N3O4/c18-13-9-20-22(16(24)14(13)19)12-3-1-10(2-4-12)15(23)21-7-5-11(6-8-21)17(25)26/h1-4,9,11H,5-8H2,(H,25,26)/p-1. The summed E-state index contributed by atoms with van der Waals surface area (Å²) in [5.74, 6) is -1.77. The first-order valence-electron chi connectivity index (χ1n) is 7.92. The Morgan fingerprint density at radius 3 is 2.31 bits per heavy atom. The number of nitrogens with zero attached hydrogens (tertiary/aromatic N) is 3. The number of carbonyl (C=O) groups is 2. The molecular formula is C17H14Cl2N3O4-. The van der Waals surface area contributed by atoms with Crippen molar-refractivity contribution >= 4 is 35.1 Å². The number of aliphatic carboxylic acids is 1. The van der Waals surface area contributed by atoms with Gasteiger partial charge >= 0.3 is 0 Å². The van der Waals surface area contributed by atoms with Crippen LogP contribution in [-0.4, -0.2) is 39.6 Å². The monoisotopic (exact) mass is 394 g/mol. The molecule has 0 bridgehead atoms. The normalized spacial score (nSPS) is 15.1. The average Bonchev–Trinajstić information content (AvgIpc) is 2.66. The van der Waals surface area contributed by atoms with E-state index in [2.05, 4.69) is 5.10 Å². The minimum Gasteiger partial charge on any atom is -0.550 e. The van der Waals surface area contributed by atoms with Gasteiger partial charge in [-0.2, -0.15) is 9.78 Å². The van der Waals surface area contributed by atoms with Crippen molar-refractivity contribution in [1.82, 2.24) is 14.7 Å². The second kappa shape index (κ2) is 7.47. The smallest absolute Gasteiger partial charge is 0.291 e. The van der Waals surface area contributed by atoms with Crippen molar-refractivity contribution in [3.63, 3.8) is 0 Å². The molecule has 26 heavy (non-hydrogen) atoms. The molecule has 2 aromatic rings. The van der Waals surface area contributed by atoms with Crippen molar-refractivity contribution in [2.75, 3.05) is 13.1 Å². The first kappa shape index (κ1) is 18.4. The van der Waals surface area contributed by atoms with E-state index in [0.29, 0.717) is 37.2 Å². The summed E-state index contributed by atoms with van der Waals surface area (Å²) in [6.07, 6.45) is 2.04. The lowest BCUT2D eigenvalue weighted by molar-refractivity contribution is -0.312. The van der Waals surface area contributed by atoms with Gasteiger partial charge in [0, 0.05) is 30.5 Å². The van der Waals surface area contributed by atoms with Gasteiger partial charge in [-0.05, 0) is 37.1 Å². The molecule has 2 heterocycles. The lowest BCUT2D eigenvalue weighted by Gasteiger charge is -2.32. The van der Waals surface area contributed by atoms with Crippen molar-refractivity contribution in [2.45, 2.75) is 12.8 Å². The zero-order valence-corrected chi connectivity index (χ0v) is 15.0. The zero-order chi connectivity index (χ0) is 18.8. The Hall–Kier alpha value is -2.38. The molecule has 0 saturated carbocycles. The molecule has 0 atom stereocenters. The summed E-state index contributed by atoms with van der Waals surface area (Å²) in [4.78, 5) is 37.1. The highest BCUT2D eigenvalue weighted by Crippen LogP contribution is 2.20. The highest BCUT2D eigenvalue weighted by molar-refractivity contribution is 6.41. The van der Waals surface area contributed by atoms with Gasteiger partial charge < -0.3 is 14.8 Å². The number of piperidine rings is 1. The third kappa shape index (κ3) is 3.59. The molecular weight excluding hydrogens is 381 g/mol. The van der Waals surface area contributed by atoms with Gasteiger partial charge in [-0.15, -0.1) is 0 Å². The van der Waals surface area contributed by atoms with Gasteiger partial charge in [0.25, 0.3) is 11.5 Å². The maximum Gasteiger partial charge on any atom is 0.291 e. The van der Waals surface area contributed by atoms with E-state index in [1.54, 1.807) is 29.2 Å². The Balaban J connectivity index is 1.76. The Morgan fingerprint density at radius 1 is 1.12 bits per heavy atom. The molecule has 9 heteroatoms. The van der Waals surface area contributed by atoms with Gasteiger partial charge in [-0.3, -0.25) is 9.59 Å². The lowest BCUT2D eigenvalue weighted by Crippen LogP contribution is -2.43. The average molecular weight is 395 g/mol. The quantitative estimate of drug-likeness (QED) is 0.777. The molecule has 1 aliphatic rings. The highest BCUT2D eigenvalue weighted by Gasteiger charge is 2.24. The summed E-state index contributed by atoms with van der Waals surface area (Å²) in [5, 5.41) is 14.8. The van der Waals surface area contributed by atoms with Crippen LogP contribution in [0.15, 0.2) is 35.3 Å². The molecule has 1 saturated heterocycles. The van der Waals surface area contributed by atoms with Crippen molar-refractivity contribution in [1.29, 1.82) is 0 Å². The summed E-state index contributed by atoms with van der Waals surface area (Å²) in [7, 11) is 0. The van der Waals surface area contributed by atoms with E-state index >= 15 is 0 Å². The van der Waals surface area contributed by atoms with Crippen LogP contribution in [0.25, 0.3) is 5.69 Å². The summed E-state index contributed by atoms with van der Waals surface area (Å²) >= 11 is 11.6. The van der Waals surface area contributed by atoms with E-state index in [9.17, 15) is 19.5 Å². The van der Waals surface area contributed by atoms with Crippen LogP contribution in [0.3, 0.4) is 0 Å². The molecule has 1 fully saturated rings. The number of hydrogen-bond donors (Lipinski definition) is 0. The zero-order valence-electron chi connectivity index (χ0n) is 13.5. The molecule has 136 valence electrons. The number of carbonyl (C=O) groups excluding carboxylic acids is 2. The van der Waals surface area contributed by atoms with E-state index in [1.165, 1.54) is 6.20 Å². The maximum absolute atomic E-state index is 12.5.